The van der Waals surface area contributed by atoms with E-state index in [-0.39, 0.29) is 5.69 Å². The summed E-state index contributed by atoms with van der Waals surface area (Å²) < 4.78 is 0. The fraction of sp³-hybridized carbons (Fsp3) is 0. The van der Waals surface area contributed by atoms with Crippen LogP contribution in [0.3, 0.4) is 0 Å². The Morgan fingerprint density at radius 2 is 1.63 bits per heavy atom. The lowest BCUT2D eigenvalue weighted by Gasteiger charge is -2.14. The van der Waals surface area contributed by atoms with Crippen molar-refractivity contribution in [1.82, 2.24) is 0 Å². The first-order chi connectivity index (χ1) is 13.0. The summed E-state index contributed by atoms with van der Waals surface area (Å²) in [6, 6.07) is 21.5. The van der Waals surface area contributed by atoms with Crippen molar-refractivity contribution in [2.75, 3.05) is 10.6 Å². The number of rotatable bonds is 5. The van der Waals surface area contributed by atoms with Crippen LogP contribution in [0.4, 0.5) is 17.1 Å². The van der Waals surface area contributed by atoms with Crippen LogP contribution < -0.4 is 10.6 Å². The van der Waals surface area contributed by atoms with Crippen LogP contribution in [0.5, 0.6) is 0 Å². The molecule has 0 aliphatic rings. The highest BCUT2D eigenvalue weighted by Crippen LogP contribution is 2.34. The Kier molecular flexibility index (Phi) is 6.28. The number of anilines is 2. The summed E-state index contributed by atoms with van der Waals surface area (Å²) in [6.07, 6.45) is 0. The maximum atomic E-state index is 10.7. The lowest BCUT2D eigenvalue weighted by molar-refractivity contribution is -0.384. The molecule has 5 nitrogen and oxygen atoms in total. The van der Waals surface area contributed by atoms with E-state index >= 15 is 0 Å². The fourth-order valence-electron chi connectivity index (χ4n) is 2.24. The highest BCUT2D eigenvalue weighted by Gasteiger charge is 2.08. The van der Waals surface area contributed by atoms with Crippen molar-refractivity contribution in [1.29, 1.82) is 0 Å². The normalized spacial score (nSPS) is 10.3. The minimum absolute atomic E-state index is 0.0316. The molecule has 0 amide bonds. The second-order valence-corrected chi connectivity index (χ2v) is 7.40. The molecule has 0 saturated carbocycles. The quantitative estimate of drug-likeness (QED) is 0.293. The zero-order valence-electron chi connectivity index (χ0n) is 13.9. The molecular weight excluding hydrogens is 402 g/mol. The van der Waals surface area contributed by atoms with E-state index in [4.69, 9.17) is 23.8 Å². The monoisotopic (exact) mass is 415 g/mol. The van der Waals surface area contributed by atoms with Crippen molar-refractivity contribution < 1.29 is 4.92 Å². The summed E-state index contributed by atoms with van der Waals surface area (Å²) in [4.78, 5) is 12.3. The van der Waals surface area contributed by atoms with Crippen LogP contribution in [-0.4, -0.2) is 10.0 Å². The Balaban J connectivity index is 1.68. The van der Waals surface area contributed by atoms with Crippen molar-refractivity contribution >= 4 is 57.8 Å². The molecule has 0 aliphatic heterocycles. The van der Waals surface area contributed by atoms with Gasteiger partial charge in [-0.2, -0.15) is 0 Å². The predicted molar refractivity (Wildman–Crippen MR) is 115 cm³/mol. The molecule has 3 aromatic rings. The molecule has 3 aromatic carbocycles. The number of nitrogens with one attached hydrogen (secondary N) is 2. The maximum Gasteiger partial charge on any atom is 0.269 e. The van der Waals surface area contributed by atoms with Gasteiger partial charge in [-0.25, -0.2) is 0 Å². The van der Waals surface area contributed by atoms with Gasteiger partial charge in [0.05, 0.1) is 10.6 Å². The molecule has 0 bridgehead atoms. The minimum Gasteiger partial charge on any atom is -0.332 e. The number of nitro benzene ring substituents is 1. The first-order valence-electron chi connectivity index (χ1n) is 7.86. The van der Waals surface area contributed by atoms with Gasteiger partial charge in [-0.15, -0.1) is 0 Å². The van der Waals surface area contributed by atoms with Gasteiger partial charge in [-0.1, -0.05) is 35.5 Å². The fourth-order valence-corrected chi connectivity index (χ4v) is 3.50. The number of benzene rings is 3. The summed E-state index contributed by atoms with van der Waals surface area (Å²) >= 11 is 12.9. The van der Waals surface area contributed by atoms with Gasteiger partial charge in [-0.3, -0.25) is 10.1 Å². The van der Waals surface area contributed by atoms with E-state index in [2.05, 4.69) is 10.6 Å². The lowest BCUT2D eigenvalue weighted by atomic mass is 10.3. The number of nitrogens with zero attached hydrogens (tertiary/aromatic N) is 1. The van der Waals surface area contributed by atoms with Crippen LogP contribution in [0, 0.1) is 10.1 Å². The summed E-state index contributed by atoms with van der Waals surface area (Å²) in [6.45, 7) is 0. The van der Waals surface area contributed by atoms with E-state index < -0.39 is 4.92 Å². The van der Waals surface area contributed by atoms with Crippen LogP contribution in [0.1, 0.15) is 0 Å². The van der Waals surface area contributed by atoms with Gasteiger partial charge in [0.2, 0.25) is 0 Å². The SMILES string of the molecule is O=[N+]([O-])c1ccc(NC(=S)Nc2ccccc2Sc2ccc(Cl)cc2)cc1. The molecule has 0 unspecified atom stereocenters. The molecule has 27 heavy (non-hydrogen) atoms. The minimum atomic E-state index is -0.440. The number of non-ortho nitro benzene ring substituents is 1. The molecule has 0 atom stereocenters. The zero-order valence-corrected chi connectivity index (χ0v) is 16.3. The highest BCUT2D eigenvalue weighted by atomic mass is 35.5. The standard InChI is InChI=1S/C19H14ClN3O2S2/c20-13-5-11-16(12-6-13)27-18-4-2-1-3-17(18)22-19(26)21-14-7-9-15(10-8-14)23(24)25/h1-12H,(H2,21,22,26). The third-order valence-corrected chi connectivity index (χ3v) is 5.05. The van der Waals surface area contributed by atoms with Crippen LogP contribution in [0.25, 0.3) is 0 Å². The molecular formula is C19H14ClN3O2S2. The van der Waals surface area contributed by atoms with Crippen molar-refractivity contribution in [2.24, 2.45) is 0 Å². The largest absolute Gasteiger partial charge is 0.332 e. The van der Waals surface area contributed by atoms with E-state index in [1.54, 1.807) is 23.9 Å². The molecule has 0 spiro atoms. The number of hydrogen-bond donors (Lipinski definition) is 2. The molecule has 0 aliphatic carbocycles. The Morgan fingerprint density at radius 3 is 2.30 bits per heavy atom. The molecule has 0 radical (unpaired) electrons. The van der Waals surface area contributed by atoms with E-state index in [9.17, 15) is 10.1 Å². The molecule has 136 valence electrons. The predicted octanol–water partition coefficient (Wildman–Crippen LogP) is 6.21. The second-order valence-electron chi connectivity index (χ2n) is 5.44. The molecule has 8 heteroatoms. The van der Waals surface area contributed by atoms with E-state index in [0.29, 0.717) is 15.8 Å². The maximum absolute atomic E-state index is 10.7. The van der Waals surface area contributed by atoms with E-state index in [1.807, 2.05) is 48.5 Å². The third kappa shape index (κ3) is 5.43. The molecule has 0 saturated heterocycles. The van der Waals surface area contributed by atoms with Gasteiger partial charge >= 0.3 is 0 Å². The Bertz CT molecular complexity index is 963. The van der Waals surface area contributed by atoms with Crippen LogP contribution in [-0.2, 0) is 0 Å². The van der Waals surface area contributed by atoms with Gasteiger partial charge in [0.15, 0.2) is 5.11 Å². The lowest BCUT2D eigenvalue weighted by Crippen LogP contribution is -2.19. The molecule has 0 aromatic heterocycles. The van der Waals surface area contributed by atoms with Crippen LogP contribution in [0.2, 0.25) is 5.02 Å². The third-order valence-electron chi connectivity index (χ3n) is 3.51. The van der Waals surface area contributed by atoms with E-state index in [0.717, 1.165) is 15.5 Å². The van der Waals surface area contributed by atoms with Crippen LogP contribution in [0.15, 0.2) is 82.6 Å². The first kappa shape index (κ1) is 19.2. The number of para-hydroxylation sites is 1. The number of nitro groups is 1. The highest BCUT2D eigenvalue weighted by molar-refractivity contribution is 7.99. The van der Waals surface area contributed by atoms with Gasteiger partial charge in [0, 0.05) is 32.6 Å². The summed E-state index contributed by atoms with van der Waals surface area (Å²) in [7, 11) is 0. The van der Waals surface area contributed by atoms with Crippen molar-refractivity contribution in [3.63, 3.8) is 0 Å². The molecule has 0 heterocycles. The topological polar surface area (TPSA) is 67.2 Å². The summed E-state index contributed by atoms with van der Waals surface area (Å²) in [5.41, 5.74) is 1.56. The Labute approximate surface area is 170 Å². The van der Waals surface area contributed by atoms with Crippen molar-refractivity contribution in [3.05, 3.63) is 87.9 Å². The van der Waals surface area contributed by atoms with Gasteiger partial charge in [0.1, 0.15) is 0 Å². The average molecular weight is 416 g/mol. The van der Waals surface area contributed by atoms with Crippen molar-refractivity contribution in [2.45, 2.75) is 9.79 Å². The van der Waals surface area contributed by atoms with Gasteiger partial charge < -0.3 is 10.6 Å². The molecule has 3 rings (SSSR count). The van der Waals surface area contributed by atoms with Gasteiger partial charge in [0.25, 0.3) is 5.69 Å². The Hall–Kier alpha value is -2.61. The summed E-state index contributed by atoms with van der Waals surface area (Å²) in [5, 5.41) is 18.0. The molecule has 2 N–H and O–H groups in total. The number of hydrogen-bond acceptors (Lipinski definition) is 4. The van der Waals surface area contributed by atoms with E-state index in [1.165, 1.54) is 12.1 Å². The van der Waals surface area contributed by atoms with Crippen molar-refractivity contribution in [3.8, 4) is 0 Å². The molecule has 0 fully saturated rings. The smallest absolute Gasteiger partial charge is 0.269 e. The second kappa shape index (κ2) is 8.85. The Morgan fingerprint density at radius 1 is 0.963 bits per heavy atom. The average Bonchev–Trinajstić information content (AvgIpc) is 2.65. The van der Waals surface area contributed by atoms with Gasteiger partial charge in [-0.05, 0) is 60.7 Å². The number of thiocarbonyl (C=S) groups is 1. The first-order valence-corrected chi connectivity index (χ1v) is 9.46. The zero-order chi connectivity index (χ0) is 19.2. The summed E-state index contributed by atoms with van der Waals surface area (Å²) in [5.74, 6) is 0. The number of halogens is 1. The van der Waals surface area contributed by atoms with Crippen LogP contribution >= 0.6 is 35.6 Å².